The number of aromatic hydroxyl groups is 2. The van der Waals surface area contributed by atoms with Crippen molar-refractivity contribution >= 4 is 17.4 Å². The van der Waals surface area contributed by atoms with Gasteiger partial charge in [0, 0.05) is 11.6 Å². The lowest BCUT2D eigenvalue weighted by Gasteiger charge is -2.04. The third kappa shape index (κ3) is 2.52. The summed E-state index contributed by atoms with van der Waals surface area (Å²) in [6.45, 7) is 0. The number of aliphatic hydroxyl groups excluding tert-OH is 1. The highest BCUT2D eigenvalue weighted by molar-refractivity contribution is 5.99. The Morgan fingerprint density at radius 2 is 1.89 bits per heavy atom. The number of carbonyl (C=O) groups is 1. The number of nitro benzene ring substituents is 1. The Balaban J connectivity index is 3.59. The van der Waals surface area contributed by atoms with Gasteiger partial charge in [-0.15, -0.1) is 0 Å². The molecular weight excluding hydrogens is 260 g/mol. The maximum atomic E-state index is 10.6. The Kier molecular flexibility index (Phi) is 3.57. The van der Waals surface area contributed by atoms with Crippen molar-refractivity contribution in [1.29, 1.82) is 5.26 Å². The van der Waals surface area contributed by atoms with E-state index in [2.05, 4.69) is 0 Å². The number of aliphatic carboxylic acids is 1. The summed E-state index contributed by atoms with van der Waals surface area (Å²) in [5.74, 6) is -4.77. The number of phenolic OH excluding ortho intramolecular Hbond substituents is 2. The van der Waals surface area contributed by atoms with Crippen LogP contribution in [0, 0.1) is 21.4 Å². The third-order valence-corrected chi connectivity index (χ3v) is 2.10. The molecule has 9 heteroatoms. The zero-order valence-corrected chi connectivity index (χ0v) is 9.06. The molecule has 1 aromatic rings. The molecule has 0 radical (unpaired) electrons. The summed E-state index contributed by atoms with van der Waals surface area (Å²) in [6, 6.07) is 2.52. The second-order valence-corrected chi connectivity index (χ2v) is 3.26. The Morgan fingerprint density at radius 1 is 1.32 bits per heavy atom. The summed E-state index contributed by atoms with van der Waals surface area (Å²) >= 11 is 0. The van der Waals surface area contributed by atoms with Gasteiger partial charge in [0.15, 0.2) is 11.3 Å². The molecule has 0 heterocycles. The van der Waals surface area contributed by atoms with Gasteiger partial charge in [0.1, 0.15) is 11.8 Å². The third-order valence-electron chi connectivity index (χ3n) is 2.10. The van der Waals surface area contributed by atoms with Crippen molar-refractivity contribution in [2.24, 2.45) is 0 Å². The first-order valence-electron chi connectivity index (χ1n) is 4.57. The van der Waals surface area contributed by atoms with Gasteiger partial charge >= 0.3 is 11.7 Å². The van der Waals surface area contributed by atoms with Crippen LogP contribution in [0.15, 0.2) is 17.7 Å². The Bertz CT molecular complexity index is 642. The van der Waals surface area contributed by atoms with E-state index in [1.54, 1.807) is 0 Å². The maximum Gasteiger partial charge on any atom is 0.350 e. The molecule has 19 heavy (non-hydrogen) atoms. The van der Waals surface area contributed by atoms with Crippen molar-refractivity contribution in [1.82, 2.24) is 0 Å². The smallest absolute Gasteiger partial charge is 0.350 e. The molecule has 0 bridgehead atoms. The Labute approximate surface area is 105 Å². The van der Waals surface area contributed by atoms with Crippen LogP contribution in [0.4, 0.5) is 5.69 Å². The van der Waals surface area contributed by atoms with E-state index < -0.39 is 45.0 Å². The number of nitro groups is 1. The molecule has 0 aliphatic carbocycles. The lowest BCUT2D eigenvalue weighted by molar-refractivity contribution is -0.386. The van der Waals surface area contributed by atoms with E-state index in [0.29, 0.717) is 12.1 Å². The van der Waals surface area contributed by atoms with Gasteiger partial charge in [0.25, 0.3) is 0 Å². The zero-order valence-electron chi connectivity index (χ0n) is 9.06. The summed E-state index contributed by atoms with van der Waals surface area (Å²) in [6.07, 6.45) is 0. The predicted molar refractivity (Wildman–Crippen MR) is 59.2 cm³/mol. The molecule has 1 rings (SSSR count). The van der Waals surface area contributed by atoms with Crippen LogP contribution in [-0.2, 0) is 4.79 Å². The van der Waals surface area contributed by atoms with Gasteiger partial charge in [0.2, 0.25) is 5.75 Å². The van der Waals surface area contributed by atoms with E-state index in [-0.39, 0.29) is 0 Å². The zero-order chi connectivity index (χ0) is 14.7. The maximum absolute atomic E-state index is 10.6. The molecule has 0 fully saturated rings. The second kappa shape index (κ2) is 4.92. The Morgan fingerprint density at radius 3 is 2.32 bits per heavy atom. The first kappa shape index (κ1) is 13.8. The largest absolute Gasteiger partial charge is 0.506 e. The molecule has 0 atom stereocenters. The lowest BCUT2D eigenvalue weighted by Crippen LogP contribution is -2.02. The summed E-state index contributed by atoms with van der Waals surface area (Å²) in [7, 11) is 0. The minimum atomic E-state index is -1.74. The van der Waals surface area contributed by atoms with Crippen LogP contribution in [0.5, 0.6) is 11.5 Å². The van der Waals surface area contributed by atoms with Crippen molar-refractivity contribution in [3.8, 4) is 17.6 Å². The molecular formula is C10H6N2O7. The fourth-order valence-corrected chi connectivity index (χ4v) is 1.23. The quantitative estimate of drug-likeness (QED) is 0.156. The topological polar surface area (TPSA) is 165 Å². The van der Waals surface area contributed by atoms with Crippen molar-refractivity contribution in [2.45, 2.75) is 0 Å². The van der Waals surface area contributed by atoms with Crippen molar-refractivity contribution < 1.29 is 30.1 Å². The number of aliphatic hydroxyl groups is 1. The Hall–Kier alpha value is -3.28. The first-order valence-corrected chi connectivity index (χ1v) is 4.57. The molecule has 0 unspecified atom stereocenters. The van der Waals surface area contributed by atoms with Gasteiger partial charge in [-0.1, -0.05) is 0 Å². The summed E-state index contributed by atoms with van der Waals surface area (Å²) < 4.78 is 0. The van der Waals surface area contributed by atoms with Gasteiger partial charge < -0.3 is 20.4 Å². The highest BCUT2D eigenvalue weighted by atomic mass is 16.6. The molecule has 1 aromatic carbocycles. The summed E-state index contributed by atoms with van der Waals surface area (Å²) in [4.78, 5) is 20.2. The van der Waals surface area contributed by atoms with Gasteiger partial charge in [-0.05, 0) is 6.07 Å². The van der Waals surface area contributed by atoms with Crippen LogP contribution in [0.3, 0.4) is 0 Å². The van der Waals surface area contributed by atoms with Crippen LogP contribution < -0.4 is 0 Å². The summed E-state index contributed by atoms with van der Waals surface area (Å²) in [5.41, 5.74) is -2.48. The highest BCUT2D eigenvalue weighted by Gasteiger charge is 2.23. The SMILES string of the molecule is N#C/C(C(=O)O)=C(/O)c1cc(O)c(O)c([N+](=O)[O-])c1. The molecule has 0 amide bonds. The summed E-state index contributed by atoms with van der Waals surface area (Å²) in [5, 5.41) is 55.7. The molecule has 0 aromatic heterocycles. The van der Waals surface area contributed by atoms with E-state index in [1.165, 1.54) is 6.07 Å². The molecule has 0 spiro atoms. The standard InChI is InChI=1S/C10H6N2O7/c11-3-5(10(16)17)8(14)4-1-6(12(18)19)9(15)7(13)2-4/h1-2,13-15H,(H,16,17)/b8-5-. The molecule has 0 saturated heterocycles. The lowest BCUT2D eigenvalue weighted by atomic mass is 10.1. The van der Waals surface area contributed by atoms with Gasteiger partial charge in [-0.3, -0.25) is 10.1 Å². The van der Waals surface area contributed by atoms with Gasteiger partial charge in [-0.25, -0.2) is 4.79 Å². The van der Waals surface area contributed by atoms with Crippen LogP contribution in [0.2, 0.25) is 0 Å². The van der Waals surface area contributed by atoms with E-state index in [4.69, 9.17) is 10.4 Å². The number of hydrogen-bond donors (Lipinski definition) is 4. The van der Waals surface area contributed by atoms with Crippen LogP contribution >= 0.6 is 0 Å². The normalized spacial score (nSPS) is 11.3. The average Bonchev–Trinajstić information content (AvgIpc) is 2.32. The monoisotopic (exact) mass is 266 g/mol. The van der Waals surface area contributed by atoms with Gasteiger partial charge in [0.05, 0.1) is 4.92 Å². The molecule has 0 saturated carbocycles. The number of benzene rings is 1. The second-order valence-electron chi connectivity index (χ2n) is 3.26. The van der Waals surface area contributed by atoms with Crippen molar-refractivity contribution in [3.63, 3.8) is 0 Å². The van der Waals surface area contributed by atoms with Crippen molar-refractivity contribution in [3.05, 3.63) is 33.4 Å². The van der Waals surface area contributed by atoms with E-state index >= 15 is 0 Å². The van der Waals surface area contributed by atoms with E-state index in [0.717, 1.165) is 0 Å². The molecule has 98 valence electrons. The average molecular weight is 266 g/mol. The van der Waals surface area contributed by atoms with E-state index in [1.807, 2.05) is 0 Å². The minimum absolute atomic E-state index is 0.485. The number of nitrogens with zero attached hydrogens (tertiary/aromatic N) is 2. The number of hydrogen-bond acceptors (Lipinski definition) is 7. The number of rotatable bonds is 3. The van der Waals surface area contributed by atoms with Crippen molar-refractivity contribution in [2.75, 3.05) is 0 Å². The first-order chi connectivity index (χ1) is 8.79. The number of carboxylic acid groups (broad SMARTS) is 1. The highest BCUT2D eigenvalue weighted by Crippen LogP contribution is 2.37. The van der Waals surface area contributed by atoms with Crippen LogP contribution in [0.1, 0.15) is 5.56 Å². The number of carboxylic acids is 1. The van der Waals surface area contributed by atoms with Gasteiger partial charge in [-0.2, -0.15) is 5.26 Å². The van der Waals surface area contributed by atoms with E-state index in [9.17, 15) is 30.2 Å². The molecule has 4 N–H and O–H groups in total. The minimum Gasteiger partial charge on any atom is -0.506 e. The molecule has 0 aliphatic heterocycles. The molecule has 9 nitrogen and oxygen atoms in total. The predicted octanol–water partition coefficient (Wildman–Crippen LogP) is 0.883. The van der Waals surface area contributed by atoms with Crippen LogP contribution in [0.25, 0.3) is 5.76 Å². The fourth-order valence-electron chi connectivity index (χ4n) is 1.23. The number of phenols is 2. The number of nitriles is 1. The molecule has 0 aliphatic rings. The fraction of sp³-hybridized carbons (Fsp3) is 0. The van der Waals surface area contributed by atoms with Crippen LogP contribution in [-0.4, -0.2) is 31.3 Å².